The summed E-state index contributed by atoms with van der Waals surface area (Å²) in [4.78, 5) is 27.0. The van der Waals surface area contributed by atoms with Crippen LogP contribution < -0.4 is 0 Å². The molecule has 0 aliphatic heterocycles. The molecule has 0 saturated carbocycles. The first kappa shape index (κ1) is 41.8. The zero-order chi connectivity index (χ0) is 35.5. The number of amides is 2. The van der Waals surface area contributed by atoms with E-state index in [0.717, 1.165) is 23.9 Å². The molecule has 0 radical (unpaired) electrons. The van der Waals surface area contributed by atoms with Crippen molar-refractivity contribution in [1.82, 2.24) is 9.80 Å². The minimum atomic E-state index is -8.72. The van der Waals surface area contributed by atoms with Crippen LogP contribution in [0.2, 0.25) is 0 Å². The quantitative estimate of drug-likeness (QED) is 0.115. The fraction of sp³-hybridized carbons (Fsp3) is 0.913. The van der Waals surface area contributed by atoms with Gasteiger partial charge in [0, 0.05) is 33.6 Å². The highest BCUT2D eigenvalue weighted by Crippen LogP contribution is 2.64. The number of unbranched alkanes of at least 4 members (excludes halogenated alkanes) is 2. The molecule has 44 heavy (non-hydrogen) atoms. The van der Waals surface area contributed by atoms with E-state index in [9.17, 15) is 84.2 Å². The standard InChI is InChI=1S/C23H29F17N2O2/c1-5-7-11-41(3)14(43)13(15(44)42(4)12-8-6-2)9-10-16(24,25)17(26,27)18(28,29)19(30,31)20(32,33)21(34,35)22(36,37)23(38,39)40/h13H,5-12H2,1-4H3. The van der Waals surface area contributed by atoms with Gasteiger partial charge < -0.3 is 9.80 Å². The van der Waals surface area contributed by atoms with Gasteiger partial charge in [-0.25, -0.2) is 0 Å². The Hall–Kier alpha value is -2.25. The summed E-state index contributed by atoms with van der Waals surface area (Å²) >= 11 is 0. The van der Waals surface area contributed by atoms with Gasteiger partial charge in [-0.05, 0) is 19.3 Å². The van der Waals surface area contributed by atoms with Gasteiger partial charge in [-0.2, -0.15) is 74.6 Å². The van der Waals surface area contributed by atoms with Crippen molar-refractivity contribution in [2.75, 3.05) is 27.2 Å². The Balaban J connectivity index is 6.65. The predicted molar refractivity (Wildman–Crippen MR) is 118 cm³/mol. The number of rotatable bonds is 17. The van der Waals surface area contributed by atoms with Crippen LogP contribution in [0.25, 0.3) is 0 Å². The summed E-state index contributed by atoms with van der Waals surface area (Å²) in [7, 11) is 2.04. The van der Waals surface area contributed by atoms with E-state index in [1.807, 2.05) is 0 Å². The highest BCUT2D eigenvalue weighted by molar-refractivity contribution is 6.00. The minimum Gasteiger partial charge on any atom is -0.345 e. The largest absolute Gasteiger partial charge is 0.460 e. The lowest BCUT2D eigenvalue weighted by Crippen LogP contribution is -2.74. The molecule has 262 valence electrons. The van der Waals surface area contributed by atoms with Gasteiger partial charge in [0.2, 0.25) is 11.8 Å². The molecule has 0 fully saturated rings. The summed E-state index contributed by atoms with van der Waals surface area (Å²) in [6.07, 6.45) is -11.2. The molecule has 0 saturated heterocycles. The lowest BCUT2D eigenvalue weighted by atomic mass is 9.86. The first-order valence-corrected chi connectivity index (χ1v) is 12.6. The van der Waals surface area contributed by atoms with Gasteiger partial charge in [0.25, 0.3) is 0 Å². The van der Waals surface area contributed by atoms with Gasteiger partial charge in [-0.3, -0.25) is 9.59 Å². The smallest absolute Gasteiger partial charge is 0.345 e. The first-order chi connectivity index (χ1) is 19.4. The van der Waals surface area contributed by atoms with Crippen LogP contribution in [0.1, 0.15) is 52.4 Å². The lowest BCUT2D eigenvalue weighted by Gasteiger charge is -2.43. The van der Waals surface area contributed by atoms with Crippen molar-refractivity contribution >= 4 is 11.8 Å². The molecule has 0 rings (SSSR count). The van der Waals surface area contributed by atoms with E-state index in [2.05, 4.69) is 0 Å². The number of carbonyl (C=O) groups excluding carboxylic acids is 2. The Kier molecular flexibility index (Phi) is 12.9. The topological polar surface area (TPSA) is 40.6 Å². The van der Waals surface area contributed by atoms with Gasteiger partial charge in [0.15, 0.2) is 0 Å². The zero-order valence-electron chi connectivity index (χ0n) is 23.4. The molecule has 0 aromatic carbocycles. The second-order valence-corrected chi connectivity index (χ2v) is 9.97. The first-order valence-electron chi connectivity index (χ1n) is 12.6. The molecule has 0 aromatic heterocycles. The average molecular weight is 688 g/mol. The minimum absolute atomic E-state index is 0.152. The van der Waals surface area contributed by atoms with Crippen LogP contribution in [0, 0.1) is 5.92 Å². The van der Waals surface area contributed by atoms with Crippen LogP contribution in [-0.4, -0.2) is 96.4 Å². The summed E-state index contributed by atoms with van der Waals surface area (Å²) in [5.74, 6) is -62.3. The Morgan fingerprint density at radius 2 is 0.818 bits per heavy atom. The molecule has 0 N–H and O–H groups in total. The molecule has 0 aromatic rings. The zero-order valence-corrected chi connectivity index (χ0v) is 23.4. The third-order valence-corrected chi connectivity index (χ3v) is 6.58. The Morgan fingerprint density at radius 3 is 1.11 bits per heavy atom. The third kappa shape index (κ3) is 7.25. The van der Waals surface area contributed by atoms with Crippen molar-refractivity contribution in [3.8, 4) is 0 Å². The maximum absolute atomic E-state index is 14.5. The van der Waals surface area contributed by atoms with Crippen molar-refractivity contribution in [3.63, 3.8) is 0 Å². The number of hydrogen-bond acceptors (Lipinski definition) is 2. The van der Waals surface area contributed by atoms with Crippen molar-refractivity contribution in [2.45, 2.75) is 100 Å². The van der Waals surface area contributed by atoms with E-state index >= 15 is 0 Å². The third-order valence-electron chi connectivity index (χ3n) is 6.58. The molecule has 2 amide bonds. The summed E-state index contributed by atoms with van der Waals surface area (Å²) in [6, 6.07) is 0. The van der Waals surface area contributed by atoms with Gasteiger partial charge in [-0.15, -0.1) is 0 Å². The van der Waals surface area contributed by atoms with E-state index in [1.54, 1.807) is 13.8 Å². The maximum Gasteiger partial charge on any atom is 0.460 e. The number of nitrogens with zero attached hydrogens (tertiary/aromatic N) is 2. The Bertz CT molecular complexity index is 956. The van der Waals surface area contributed by atoms with Crippen LogP contribution in [0.5, 0.6) is 0 Å². The molecular formula is C23H29F17N2O2. The second kappa shape index (κ2) is 13.6. The summed E-state index contributed by atoms with van der Waals surface area (Å²) < 4.78 is 230. The predicted octanol–water partition coefficient (Wildman–Crippen LogP) is 7.91. The van der Waals surface area contributed by atoms with Crippen molar-refractivity contribution in [1.29, 1.82) is 0 Å². The van der Waals surface area contributed by atoms with Crippen LogP contribution in [-0.2, 0) is 9.59 Å². The fourth-order valence-corrected chi connectivity index (χ4v) is 3.57. The monoisotopic (exact) mass is 688 g/mol. The van der Waals surface area contributed by atoms with E-state index in [1.165, 1.54) is 0 Å². The van der Waals surface area contributed by atoms with Crippen LogP contribution >= 0.6 is 0 Å². The molecule has 0 aliphatic carbocycles. The number of carbonyl (C=O) groups is 2. The Morgan fingerprint density at radius 1 is 0.523 bits per heavy atom. The lowest BCUT2D eigenvalue weighted by molar-refractivity contribution is -0.461. The SMILES string of the molecule is CCCCN(C)C(=O)C(CCC(F)(F)C(F)(F)C(F)(F)C(F)(F)C(F)(F)C(F)(F)C(F)(F)C(F)(F)F)C(=O)N(C)CCCC. The molecule has 4 nitrogen and oxygen atoms in total. The van der Waals surface area contributed by atoms with Gasteiger partial charge in [0.1, 0.15) is 5.92 Å². The van der Waals surface area contributed by atoms with Crippen LogP contribution in [0.15, 0.2) is 0 Å². The van der Waals surface area contributed by atoms with Crippen LogP contribution in [0.3, 0.4) is 0 Å². The normalized spacial score (nSPS) is 14.7. The van der Waals surface area contributed by atoms with E-state index < -0.39 is 78.2 Å². The molecule has 21 heteroatoms. The molecule has 0 atom stereocenters. The molecule has 0 bridgehead atoms. The van der Waals surface area contributed by atoms with Crippen molar-refractivity contribution < 1.29 is 84.2 Å². The molecule has 0 heterocycles. The molecular weight excluding hydrogens is 659 g/mol. The van der Waals surface area contributed by atoms with Crippen molar-refractivity contribution in [3.05, 3.63) is 0 Å². The highest BCUT2D eigenvalue weighted by atomic mass is 19.4. The van der Waals surface area contributed by atoms with E-state index in [0.29, 0.717) is 12.8 Å². The molecule has 0 aliphatic rings. The Labute approximate surface area is 239 Å². The van der Waals surface area contributed by atoms with E-state index in [4.69, 9.17) is 0 Å². The average Bonchev–Trinajstić information content (AvgIpc) is 2.88. The molecule has 0 spiro atoms. The van der Waals surface area contributed by atoms with Gasteiger partial charge in [-0.1, -0.05) is 26.7 Å². The number of hydrogen-bond donors (Lipinski definition) is 0. The summed E-state index contributed by atoms with van der Waals surface area (Å²) in [5.41, 5.74) is 0. The highest BCUT2D eigenvalue weighted by Gasteiger charge is 2.95. The van der Waals surface area contributed by atoms with Gasteiger partial charge in [0.05, 0.1) is 0 Å². The van der Waals surface area contributed by atoms with Gasteiger partial charge >= 0.3 is 47.6 Å². The van der Waals surface area contributed by atoms with E-state index in [-0.39, 0.29) is 25.9 Å². The van der Waals surface area contributed by atoms with Crippen molar-refractivity contribution in [2.24, 2.45) is 5.92 Å². The fourth-order valence-electron chi connectivity index (χ4n) is 3.57. The van der Waals surface area contributed by atoms with Crippen LogP contribution in [0.4, 0.5) is 74.6 Å². The number of halogens is 17. The maximum atomic E-state index is 14.5. The summed E-state index contributed by atoms with van der Waals surface area (Å²) in [5, 5.41) is 0. The second-order valence-electron chi connectivity index (χ2n) is 9.97. The summed E-state index contributed by atoms with van der Waals surface area (Å²) in [6.45, 7) is 2.95. The molecule has 0 unspecified atom stereocenters. The number of alkyl halides is 17.